The van der Waals surface area contributed by atoms with Crippen molar-refractivity contribution < 1.29 is 18.0 Å². The van der Waals surface area contributed by atoms with Gasteiger partial charge < -0.3 is 10.6 Å². The number of carbonyl (C=O) groups is 1. The number of amides is 1. The molecule has 2 rings (SSSR count). The van der Waals surface area contributed by atoms with E-state index in [0.717, 1.165) is 37.8 Å². The average Bonchev–Trinajstić information content (AvgIpc) is 2.87. The van der Waals surface area contributed by atoms with Crippen molar-refractivity contribution >= 4 is 23.3 Å². The molecule has 1 aromatic rings. The molecule has 21 heavy (non-hydrogen) atoms. The van der Waals surface area contributed by atoms with Crippen molar-refractivity contribution in [3.05, 3.63) is 22.8 Å². The van der Waals surface area contributed by atoms with Crippen LogP contribution in [0.3, 0.4) is 0 Å². The number of aromatic nitrogens is 1. The molecule has 1 heterocycles. The number of nitrogens with two attached hydrogens (primary N) is 1. The summed E-state index contributed by atoms with van der Waals surface area (Å²) in [5.74, 6) is -0.572. The summed E-state index contributed by atoms with van der Waals surface area (Å²) in [6, 6.07) is 1.64. The molecule has 8 heteroatoms. The highest BCUT2D eigenvalue weighted by molar-refractivity contribution is 6.29. The highest BCUT2D eigenvalue weighted by atomic mass is 35.5. The van der Waals surface area contributed by atoms with Gasteiger partial charge in [0.2, 0.25) is 5.91 Å². The van der Waals surface area contributed by atoms with Crippen LogP contribution < -0.4 is 10.6 Å². The molecular weight excluding hydrogens is 307 g/mol. The Balaban J connectivity index is 2.38. The lowest BCUT2D eigenvalue weighted by atomic mass is 10.2. The number of carbonyl (C=O) groups excluding carboxylic acids is 1. The molecule has 2 N–H and O–H groups in total. The largest absolute Gasteiger partial charge is 0.416 e. The highest BCUT2D eigenvalue weighted by Gasteiger charge is 2.33. The fourth-order valence-electron chi connectivity index (χ4n) is 2.57. The molecule has 0 atom stereocenters. The quantitative estimate of drug-likeness (QED) is 0.867. The summed E-state index contributed by atoms with van der Waals surface area (Å²) in [7, 11) is 0. The van der Waals surface area contributed by atoms with Gasteiger partial charge in [0.25, 0.3) is 0 Å². The van der Waals surface area contributed by atoms with E-state index in [1.54, 1.807) is 0 Å². The van der Waals surface area contributed by atoms with Crippen LogP contribution in [0.5, 0.6) is 0 Å². The summed E-state index contributed by atoms with van der Waals surface area (Å²) < 4.78 is 38.6. The molecule has 1 aromatic heterocycles. The Morgan fingerprint density at radius 3 is 2.52 bits per heavy atom. The topological polar surface area (TPSA) is 59.2 Å². The second-order valence-electron chi connectivity index (χ2n) is 5.07. The molecule has 116 valence electrons. The zero-order valence-corrected chi connectivity index (χ0v) is 11.9. The molecule has 0 spiro atoms. The van der Waals surface area contributed by atoms with Crippen LogP contribution in [-0.4, -0.2) is 23.5 Å². The van der Waals surface area contributed by atoms with Gasteiger partial charge in [-0.05, 0) is 25.0 Å². The lowest BCUT2D eigenvalue weighted by molar-refractivity contribution is -0.137. The van der Waals surface area contributed by atoms with Crippen molar-refractivity contribution in [3.8, 4) is 0 Å². The van der Waals surface area contributed by atoms with E-state index in [4.69, 9.17) is 17.3 Å². The number of anilines is 1. The fourth-order valence-corrected chi connectivity index (χ4v) is 2.78. The van der Waals surface area contributed by atoms with Crippen molar-refractivity contribution in [1.82, 2.24) is 4.98 Å². The molecule has 0 aromatic carbocycles. The number of alkyl halides is 3. The van der Waals surface area contributed by atoms with Gasteiger partial charge in [0.05, 0.1) is 12.1 Å². The molecule has 0 bridgehead atoms. The maximum atomic E-state index is 12.9. The van der Waals surface area contributed by atoms with Crippen molar-refractivity contribution in [2.75, 3.05) is 11.4 Å². The van der Waals surface area contributed by atoms with E-state index in [1.165, 1.54) is 4.90 Å². The van der Waals surface area contributed by atoms with Gasteiger partial charge in [-0.15, -0.1) is 0 Å². The number of pyridine rings is 1. The van der Waals surface area contributed by atoms with Crippen molar-refractivity contribution in [2.24, 2.45) is 5.73 Å². The number of halogens is 4. The predicted molar refractivity (Wildman–Crippen MR) is 73.0 cm³/mol. The third-order valence-corrected chi connectivity index (χ3v) is 3.69. The molecule has 1 amide bonds. The van der Waals surface area contributed by atoms with E-state index < -0.39 is 17.6 Å². The standard InChI is InChI=1S/C13H15ClF3N3O/c14-10-5-8(13(15,16)17)6-12(19-10)20(7-11(18)21)9-3-1-2-4-9/h5-6,9H,1-4,7H2,(H2,18,21). The van der Waals surface area contributed by atoms with Gasteiger partial charge in [-0.1, -0.05) is 24.4 Å². The smallest absolute Gasteiger partial charge is 0.368 e. The van der Waals surface area contributed by atoms with Crippen LogP contribution in [0.4, 0.5) is 19.0 Å². The van der Waals surface area contributed by atoms with E-state index >= 15 is 0 Å². The number of rotatable bonds is 4. The van der Waals surface area contributed by atoms with E-state index in [2.05, 4.69) is 4.98 Å². The molecule has 0 aliphatic heterocycles. The van der Waals surface area contributed by atoms with Crippen LogP contribution in [0.25, 0.3) is 0 Å². The van der Waals surface area contributed by atoms with Crippen LogP contribution in [0.1, 0.15) is 31.2 Å². The Hall–Kier alpha value is -1.50. The molecule has 0 unspecified atom stereocenters. The monoisotopic (exact) mass is 321 g/mol. The number of hydrogen-bond acceptors (Lipinski definition) is 3. The van der Waals surface area contributed by atoms with Gasteiger partial charge in [0.15, 0.2) is 0 Å². The third kappa shape index (κ3) is 4.00. The predicted octanol–water partition coefficient (Wildman–Crippen LogP) is 2.99. The van der Waals surface area contributed by atoms with Gasteiger partial charge in [0, 0.05) is 6.04 Å². The molecule has 1 fully saturated rings. The Morgan fingerprint density at radius 2 is 2.00 bits per heavy atom. The van der Waals surface area contributed by atoms with Crippen LogP contribution in [0.15, 0.2) is 12.1 Å². The Bertz CT molecular complexity index is 530. The van der Waals surface area contributed by atoms with E-state index in [-0.39, 0.29) is 23.6 Å². The van der Waals surface area contributed by atoms with Gasteiger partial charge in [0.1, 0.15) is 11.0 Å². The number of hydrogen-bond donors (Lipinski definition) is 1. The second-order valence-corrected chi connectivity index (χ2v) is 5.45. The lowest BCUT2D eigenvalue weighted by Crippen LogP contribution is -2.40. The summed E-state index contributed by atoms with van der Waals surface area (Å²) >= 11 is 5.69. The summed E-state index contributed by atoms with van der Waals surface area (Å²) in [4.78, 5) is 16.7. The van der Waals surface area contributed by atoms with E-state index in [0.29, 0.717) is 0 Å². The molecule has 1 saturated carbocycles. The summed E-state index contributed by atoms with van der Waals surface area (Å²) in [6.07, 6.45) is -1.000. The molecule has 4 nitrogen and oxygen atoms in total. The average molecular weight is 322 g/mol. The van der Waals surface area contributed by atoms with Crippen LogP contribution >= 0.6 is 11.6 Å². The van der Waals surface area contributed by atoms with Crippen LogP contribution in [0.2, 0.25) is 5.15 Å². The van der Waals surface area contributed by atoms with Crippen LogP contribution in [0, 0.1) is 0 Å². The first-order valence-electron chi connectivity index (χ1n) is 6.57. The molecule has 1 aliphatic rings. The minimum absolute atomic E-state index is 0.0375. The lowest BCUT2D eigenvalue weighted by Gasteiger charge is -2.29. The van der Waals surface area contributed by atoms with Gasteiger partial charge in [-0.25, -0.2) is 4.98 Å². The number of nitrogens with zero attached hydrogens (tertiary/aromatic N) is 2. The Morgan fingerprint density at radius 1 is 1.38 bits per heavy atom. The Kier molecular flexibility index (Phi) is 4.61. The molecule has 0 radical (unpaired) electrons. The minimum atomic E-state index is -4.52. The van der Waals surface area contributed by atoms with Crippen LogP contribution in [-0.2, 0) is 11.0 Å². The second kappa shape index (κ2) is 6.09. The zero-order chi connectivity index (χ0) is 15.6. The van der Waals surface area contributed by atoms with Gasteiger partial charge in [-0.2, -0.15) is 13.2 Å². The number of primary amides is 1. The van der Waals surface area contributed by atoms with Crippen molar-refractivity contribution in [3.63, 3.8) is 0 Å². The summed E-state index contributed by atoms with van der Waals surface area (Å²) in [5, 5.41) is -0.257. The highest BCUT2D eigenvalue weighted by Crippen LogP contribution is 2.34. The minimum Gasteiger partial charge on any atom is -0.368 e. The third-order valence-electron chi connectivity index (χ3n) is 3.49. The Labute approximate surface area is 125 Å². The fraction of sp³-hybridized carbons (Fsp3) is 0.538. The first kappa shape index (κ1) is 15.9. The summed E-state index contributed by atoms with van der Waals surface area (Å²) in [5.41, 5.74) is 4.31. The van der Waals surface area contributed by atoms with E-state index in [1.807, 2.05) is 0 Å². The zero-order valence-electron chi connectivity index (χ0n) is 11.2. The summed E-state index contributed by atoms with van der Waals surface area (Å²) in [6.45, 7) is -0.171. The van der Waals surface area contributed by atoms with Gasteiger partial charge >= 0.3 is 6.18 Å². The SMILES string of the molecule is NC(=O)CN(c1cc(C(F)(F)F)cc(Cl)n1)C1CCCC1. The maximum absolute atomic E-state index is 12.9. The van der Waals surface area contributed by atoms with Crippen molar-refractivity contribution in [2.45, 2.75) is 37.9 Å². The molecule has 1 aliphatic carbocycles. The first-order valence-corrected chi connectivity index (χ1v) is 6.95. The molecule has 0 saturated heterocycles. The first-order chi connectivity index (χ1) is 9.77. The van der Waals surface area contributed by atoms with Gasteiger partial charge in [-0.3, -0.25) is 4.79 Å². The van der Waals surface area contributed by atoms with E-state index in [9.17, 15) is 18.0 Å². The van der Waals surface area contributed by atoms with Crippen molar-refractivity contribution in [1.29, 1.82) is 0 Å². The maximum Gasteiger partial charge on any atom is 0.416 e. The normalized spacial score (nSPS) is 16.2. The molecular formula is C13H15ClF3N3O.